The zero-order chi connectivity index (χ0) is 12.6. The summed E-state index contributed by atoms with van der Waals surface area (Å²) < 4.78 is 25.8. The Morgan fingerprint density at radius 2 is 2.22 bits per heavy atom. The first-order chi connectivity index (χ1) is 7.87. The number of anilines is 1. The highest BCUT2D eigenvalue weighted by Crippen LogP contribution is 2.26. The molecular formula is C10H14ClF2N3OS. The molecule has 1 unspecified atom stereocenters. The number of nitrogens with zero attached hydrogens (tertiary/aromatic N) is 1. The predicted molar refractivity (Wildman–Crippen MR) is 68.8 cm³/mol. The van der Waals surface area contributed by atoms with E-state index in [9.17, 15) is 13.6 Å². The lowest BCUT2D eigenvalue weighted by molar-refractivity contribution is -0.118. The van der Waals surface area contributed by atoms with Crippen molar-refractivity contribution in [2.45, 2.75) is 32.2 Å². The molecule has 1 aromatic heterocycles. The van der Waals surface area contributed by atoms with Gasteiger partial charge in [-0.1, -0.05) is 0 Å². The lowest BCUT2D eigenvalue weighted by atomic mass is 10.2. The zero-order valence-corrected chi connectivity index (χ0v) is 11.6. The molecule has 1 aliphatic heterocycles. The number of carbonyl (C=O) groups is 1. The van der Waals surface area contributed by atoms with Gasteiger partial charge in [0.2, 0.25) is 5.91 Å². The van der Waals surface area contributed by atoms with Crippen molar-refractivity contribution in [3.05, 3.63) is 10.6 Å². The van der Waals surface area contributed by atoms with Gasteiger partial charge in [-0.15, -0.1) is 23.7 Å². The first-order valence-electron chi connectivity index (χ1n) is 5.23. The highest BCUT2D eigenvalue weighted by molar-refractivity contribution is 7.15. The molecule has 102 valence electrons. The minimum atomic E-state index is -2.79. The van der Waals surface area contributed by atoms with Crippen LogP contribution in [0, 0.1) is 13.8 Å². The van der Waals surface area contributed by atoms with Gasteiger partial charge in [-0.05, 0) is 13.8 Å². The summed E-state index contributed by atoms with van der Waals surface area (Å²) in [4.78, 5) is 16.8. The number of amides is 1. The van der Waals surface area contributed by atoms with Crippen molar-refractivity contribution in [3.8, 4) is 0 Å². The summed E-state index contributed by atoms with van der Waals surface area (Å²) in [6.45, 7) is 3.29. The average molecular weight is 298 g/mol. The second kappa shape index (κ2) is 5.46. The van der Waals surface area contributed by atoms with Crippen LogP contribution in [-0.2, 0) is 4.79 Å². The minimum Gasteiger partial charge on any atom is -0.301 e. The maximum Gasteiger partial charge on any atom is 0.262 e. The summed E-state index contributed by atoms with van der Waals surface area (Å²) in [6, 6.07) is -0.838. The molecule has 0 aliphatic carbocycles. The SMILES string of the molecule is Cc1nc(NC(=O)C2CC(F)(F)CN2)sc1C.Cl. The summed E-state index contributed by atoms with van der Waals surface area (Å²) in [5.41, 5.74) is 0.843. The number of nitrogens with one attached hydrogen (secondary N) is 2. The monoisotopic (exact) mass is 297 g/mol. The second-order valence-corrected chi connectivity index (χ2v) is 5.35. The third kappa shape index (κ3) is 3.37. The maximum atomic E-state index is 12.9. The lowest BCUT2D eigenvalue weighted by Crippen LogP contribution is -2.35. The Bertz CT molecular complexity index is 433. The van der Waals surface area contributed by atoms with Gasteiger partial charge in [0.15, 0.2) is 5.13 Å². The fourth-order valence-corrected chi connectivity index (χ4v) is 2.44. The van der Waals surface area contributed by atoms with Gasteiger partial charge in [0, 0.05) is 11.3 Å². The molecule has 4 nitrogen and oxygen atoms in total. The maximum absolute atomic E-state index is 12.9. The largest absolute Gasteiger partial charge is 0.301 e. The van der Waals surface area contributed by atoms with Crippen LogP contribution in [0.2, 0.25) is 0 Å². The number of alkyl halides is 2. The fraction of sp³-hybridized carbons (Fsp3) is 0.600. The van der Waals surface area contributed by atoms with Gasteiger partial charge in [-0.3, -0.25) is 10.1 Å². The van der Waals surface area contributed by atoms with Crippen LogP contribution >= 0.6 is 23.7 Å². The quantitative estimate of drug-likeness (QED) is 0.879. The lowest BCUT2D eigenvalue weighted by Gasteiger charge is -2.08. The van der Waals surface area contributed by atoms with E-state index < -0.39 is 30.8 Å². The van der Waals surface area contributed by atoms with Gasteiger partial charge in [0.1, 0.15) is 0 Å². The van der Waals surface area contributed by atoms with Crippen LogP contribution in [0.3, 0.4) is 0 Å². The van der Waals surface area contributed by atoms with Gasteiger partial charge >= 0.3 is 0 Å². The van der Waals surface area contributed by atoms with Gasteiger partial charge < -0.3 is 5.32 Å². The number of halogens is 3. The third-order valence-corrected chi connectivity index (χ3v) is 3.67. The number of hydrogen-bond donors (Lipinski definition) is 2. The van der Waals surface area contributed by atoms with Crippen molar-refractivity contribution in [2.75, 3.05) is 11.9 Å². The molecule has 1 atom stereocenters. The molecule has 0 saturated carbocycles. The van der Waals surface area contributed by atoms with Crippen LogP contribution < -0.4 is 10.6 Å². The number of aromatic nitrogens is 1. The molecule has 1 aromatic rings. The summed E-state index contributed by atoms with van der Waals surface area (Å²) in [7, 11) is 0. The Hall–Kier alpha value is -0.790. The third-order valence-electron chi connectivity index (χ3n) is 2.69. The molecule has 1 amide bonds. The number of aryl methyl sites for hydroxylation is 2. The first-order valence-corrected chi connectivity index (χ1v) is 6.05. The standard InChI is InChI=1S/C10H13F2N3OS.ClH/c1-5-6(2)17-9(14-5)15-8(16)7-3-10(11,12)4-13-7;/h7,13H,3-4H2,1-2H3,(H,14,15,16);1H. The van der Waals surface area contributed by atoms with Crippen molar-refractivity contribution in [3.63, 3.8) is 0 Å². The number of rotatable bonds is 2. The van der Waals surface area contributed by atoms with Gasteiger partial charge in [0.25, 0.3) is 5.92 Å². The summed E-state index contributed by atoms with van der Waals surface area (Å²) in [6.07, 6.45) is -0.456. The van der Waals surface area contributed by atoms with Crippen molar-refractivity contribution < 1.29 is 13.6 Å². The molecular weight excluding hydrogens is 284 g/mol. The second-order valence-electron chi connectivity index (χ2n) is 4.14. The number of thiazole rings is 1. The highest BCUT2D eigenvalue weighted by atomic mass is 35.5. The zero-order valence-electron chi connectivity index (χ0n) is 9.92. The summed E-state index contributed by atoms with van der Waals surface area (Å²) in [5, 5.41) is 5.52. The van der Waals surface area contributed by atoms with Gasteiger partial charge in [0.05, 0.1) is 18.3 Å². The van der Waals surface area contributed by atoms with Crippen molar-refractivity contribution in [1.82, 2.24) is 10.3 Å². The Balaban J connectivity index is 0.00000162. The molecule has 2 heterocycles. The van der Waals surface area contributed by atoms with E-state index in [1.54, 1.807) is 0 Å². The van der Waals surface area contributed by atoms with E-state index in [-0.39, 0.29) is 12.4 Å². The molecule has 1 aliphatic rings. The highest BCUT2D eigenvalue weighted by Gasteiger charge is 2.42. The van der Waals surface area contributed by atoms with Gasteiger partial charge in [-0.25, -0.2) is 13.8 Å². The van der Waals surface area contributed by atoms with Crippen molar-refractivity contribution in [1.29, 1.82) is 0 Å². The van der Waals surface area contributed by atoms with E-state index in [1.807, 2.05) is 13.8 Å². The van der Waals surface area contributed by atoms with Crippen molar-refractivity contribution >= 4 is 34.8 Å². The molecule has 2 N–H and O–H groups in total. The topological polar surface area (TPSA) is 54.0 Å². The average Bonchev–Trinajstić information content (AvgIpc) is 2.71. The van der Waals surface area contributed by atoms with Crippen LogP contribution in [-0.4, -0.2) is 29.4 Å². The smallest absolute Gasteiger partial charge is 0.262 e. The molecule has 0 radical (unpaired) electrons. The van der Waals surface area contributed by atoms with Crippen LogP contribution in [0.5, 0.6) is 0 Å². The Morgan fingerprint density at radius 1 is 1.56 bits per heavy atom. The molecule has 8 heteroatoms. The Kier molecular flexibility index (Phi) is 4.63. The Labute approximate surface area is 114 Å². The summed E-state index contributed by atoms with van der Waals surface area (Å²) >= 11 is 1.34. The molecule has 0 bridgehead atoms. The van der Waals surface area contributed by atoms with Crippen LogP contribution in [0.15, 0.2) is 0 Å². The van der Waals surface area contributed by atoms with Crippen LogP contribution in [0.25, 0.3) is 0 Å². The van der Waals surface area contributed by atoms with E-state index in [1.165, 1.54) is 11.3 Å². The summed E-state index contributed by atoms with van der Waals surface area (Å²) in [5.74, 6) is -3.24. The molecule has 1 saturated heterocycles. The van der Waals surface area contributed by atoms with Crippen molar-refractivity contribution in [2.24, 2.45) is 0 Å². The first kappa shape index (κ1) is 15.3. The fourth-order valence-electron chi connectivity index (χ4n) is 1.62. The molecule has 0 spiro atoms. The van der Waals surface area contributed by atoms with Gasteiger partial charge in [-0.2, -0.15) is 0 Å². The van der Waals surface area contributed by atoms with E-state index in [4.69, 9.17) is 0 Å². The number of hydrogen-bond acceptors (Lipinski definition) is 4. The molecule has 2 rings (SSSR count). The Morgan fingerprint density at radius 3 is 2.67 bits per heavy atom. The molecule has 1 fully saturated rings. The normalized spacial score (nSPS) is 21.4. The van der Waals surface area contributed by atoms with E-state index in [2.05, 4.69) is 15.6 Å². The van der Waals surface area contributed by atoms with Crippen LogP contribution in [0.1, 0.15) is 17.0 Å². The molecule has 0 aromatic carbocycles. The van der Waals surface area contributed by atoms with Crippen LogP contribution in [0.4, 0.5) is 13.9 Å². The van der Waals surface area contributed by atoms with E-state index >= 15 is 0 Å². The van der Waals surface area contributed by atoms with E-state index in [0.717, 1.165) is 10.6 Å². The van der Waals surface area contributed by atoms with E-state index in [0.29, 0.717) is 5.13 Å². The predicted octanol–water partition coefficient (Wildman–Crippen LogP) is 2.12. The number of carbonyl (C=O) groups excluding carboxylic acids is 1. The molecule has 18 heavy (non-hydrogen) atoms. The minimum absolute atomic E-state index is 0.